The molecule has 0 spiro atoms. The number of nitrogens with zero attached hydrogens (tertiary/aromatic N) is 2. The molecule has 0 aliphatic carbocycles. The summed E-state index contributed by atoms with van der Waals surface area (Å²) in [6, 6.07) is 3.07. The predicted octanol–water partition coefficient (Wildman–Crippen LogP) is 1.94. The van der Waals surface area contributed by atoms with Gasteiger partial charge in [0, 0.05) is 37.3 Å². The van der Waals surface area contributed by atoms with Crippen molar-refractivity contribution in [2.24, 2.45) is 17.6 Å². The second kappa shape index (κ2) is 7.66. The van der Waals surface area contributed by atoms with Crippen LogP contribution in [0.15, 0.2) is 18.2 Å². The Hall–Kier alpha value is -1.73. The van der Waals surface area contributed by atoms with Crippen LogP contribution in [0.4, 0.5) is 14.5 Å². The molecule has 2 N–H and O–H groups in total. The summed E-state index contributed by atoms with van der Waals surface area (Å²) in [6.07, 6.45) is 0.926. The highest BCUT2D eigenvalue weighted by molar-refractivity contribution is 6.00. The van der Waals surface area contributed by atoms with Gasteiger partial charge in [0.2, 0.25) is 11.8 Å². The fourth-order valence-corrected chi connectivity index (χ4v) is 3.67. The van der Waals surface area contributed by atoms with Crippen molar-refractivity contribution in [2.75, 3.05) is 24.5 Å². The monoisotopic (exact) mass is 373 g/mol. The Morgan fingerprint density at radius 1 is 1.24 bits per heavy atom. The Morgan fingerprint density at radius 2 is 1.88 bits per heavy atom. The highest BCUT2D eigenvalue weighted by Crippen LogP contribution is 2.30. The van der Waals surface area contributed by atoms with E-state index in [1.54, 1.807) is 4.90 Å². The standard InChI is InChI=1S/C17H21F2N3O2.ClH/c1-10-2-11(7-20)8-21(10)17(24)12-3-16(23)22(9-12)15-5-13(18)4-14(19)6-15;/h4-6,10-12H,2-3,7-9,20H2,1H3;1H. The van der Waals surface area contributed by atoms with Gasteiger partial charge in [-0.2, -0.15) is 0 Å². The topological polar surface area (TPSA) is 66.6 Å². The molecule has 0 saturated carbocycles. The number of nitrogens with two attached hydrogens (primary N) is 1. The zero-order valence-electron chi connectivity index (χ0n) is 14.0. The van der Waals surface area contributed by atoms with E-state index >= 15 is 0 Å². The maximum Gasteiger partial charge on any atom is 0.228 e. The molecule has 3 rings (SSSR count). The lowest BCUT2D eigenvalue weighted by molar-refractivity contribution is -0.136. The summed E-state index contributed by atoms with van der Waals surface area (Å²) in [7, 11) is 0. The second-order valence-electron chi connectivity index (χ2n) is 6.71. The van der Waals surface area contributed by atoms with Crippen molar-refractivity contribution in [3.05, 3.63) is 29.8 Å². The first-order valence-corrected chi connectivity index (χ1v) is 8.16. The molecule has 2 aliphatic rings. The quantitative estimate of drug-likeness (QED) is 0.880. The van der Waals surface area contributed by atoms with Crippen LogP contribution in [-0.4, -0.2) is 42.4 Å². The third-order valence-corrected chi connectivity index (χ3v) is 4.91. The third kappa shape index (κ3) is 3.93. The van der Waals surface area contributed by atoms with Crippen LogP contribution in [0.5, 0.6) is 0 Å². The lowest BCUT2D eigenvalue weighted by Crippen LogP contribution is -2.40. The van der Waals surface area contributed by atoms with E-state index in [1.807, 2.05) is 6.92 Å². The fraction of sp³-hybridized carbons (Fsp3) is 0.529. The number of hydrogen-bond donors (Lipinski definition) is 1. The first-order valence-electron chi connectivity index (χ1n) is 8.16. The van der Waals surface area contributed by atoms with Gasteiger partial charge in [0.15, 0.2) is 0 Å². The Kier molecular flexibility index (Phi) is 6.00. The van der Waals surface area contributed by atoms with Gasteiger partial charge in [0.25, 0.3) is 0 Å². The molecular formula is C17H22ClF2N3O2. The molecule has 8 heteroatoms. The number of carbonyl (C=O) groups is 2. The van der Waals surface area contributed by atoms with Crippen LogP contribution in [0, 0.1) is 23.5 Å². The Balaban J connectivity index is 0.00000225. The summed E-state index contributed by atoms with van der Waals surface area (Å²) < 4.78 is 26.8. The van der Waals surface area contributed by atoms with E-state index in [9.17, 15) is 18.4 Å². The van der Waals surface area contributed by atoms with Gasteiger partial charge >= 0.3 is 0 Å². The van der Waals surface area contributed by atoms with Gasteiger partial charge in [-0.3, -0.25) is 9.59 Å². The number of halogens is 3. The molecule has 5 nitrogen and oxygen atoms in total. The average Bonchev–Trinajstić information content (AvgIpc) is 3.08. The van der Waals surface area contributed by atoms with Crippen LogP contribution in [0.25, 0.3) is 0 Å². The zero-order chi connectivity index (χ0) is 17.4. The maximum absolute atomic E-state index is 13.4. The van der Waals surface area contributed by atoms with Gasteiger partial charge < -0.3 is 15.5 Å². The van der Waals surface area contributed by atoms with E-state index in [2.05, 4.69) is 0 Å². The van der Waals surface area contributed by atoms with E-state index in [0.29, 0.717) is 13.1 Å². The number of carbonyl (C=O) groups excluding carboxylic acids is 2. The lowest BCUT2D eigenvalue weighted by Gasteiger charge is -2.25. The number of anilines is 1. The minimum Gasteiger partial charge on any atom is -0.339 e. The van der Waals surface area contributed by atoms with Gasteiger partial charge in [0.1, 0.15) is 11.6 Å². The Labute approximate surface area is 151 Å². The first kappa shape index (κ1) is 19.6. The van der Waals surface area contributed by atoms with E-state index < -0.39 is 17.6 Å². The molecule has 0 aromatic heterocycles. The largest absolute Gasteiger partial charge is 0.339 e. The fourth-order valence-electron chi connectivity index (χ4n) is 3.67. The van der Waals surface area contributed by atoms with E-state index in [0.717, 1.165) is 24.6 Å². The molecule has 1 aromatic carbocycles. The van der Waals surface area contributed by atoms with Crippen molar-refractivity contribution in [2.45, 2.75) is 25.8 Å². The average molecular weight is 374 g/mol. The van der Waals surface area contributed by atoms with Crippen LogP contribution in [0.1, 0.15) is 19.8 Å². The molecule has 2 aliphatic heterocycles. The zero-order valence-corrected chi connectivity index (χ0v) is 14.8. The summed E-state index contributed by atoms with van der Waals surface area (Å²) >= 11 is 0. The van der Waals surface area contributed by atoms with Crippen molar-refractivity contribution >= 4 is 29.9 Å². The summed E-state index contributed by atoms with van der Waals surface area (Å²) in [6.45, 7) is 3.27. The van der Waals surface area contributed by atoms with Gasteiger partial charge in [-0.1, -0.05) is 0 Å². The summed E-state index contributed by atoms with van der Waals surface area (Å²) in [4.78, 5) is 28.0. The number of amides is 2. The van der Waals surface area contributed by atoms with Crippen molar-refractivity contribution in [1.29, 1.82) is 0 Å². The second-order valence-corrected chi connectivity index (χ2v) is 6.71. The molecule has 2 saturated heterocycles. The molecule has 3 unspecified atom stereocenters. The van der Waals surface area contributed by atoms with Crippen LogP contribution >= 0.6 is 12.4 Å². The first-order chi connectivity index (χ1) is 11.4. The number of hydrogen-bond acceptors (Lipinski definition) is 3. The lowest BCUT2D eigenvalue weighted by atomic mass is 10.1. The maximum atomic E-state index is 13.4. The van der Waals surface area contributed by atoms with Crippen molar-refractivity contribution in [3.8, 4) is 0 Å². The summed E-state index contributed by atoms with van der Waals surface area (Å²) in [5.74, 6) is -2.05. The molecule has 2 heterocycles. The SMILES string of the molecule is CC1CC(CN)CN1C(=O)C1CC(=O)N(c2cc(F)cc(F)c2)C1.Cl. The minimum absolute atomic E-state index is 0. The van der Waals surface area contributed by atoms with E-state index in [-0.39, 0.29) is 54.8 Å². The molecular weight excluding hydrogens is 352 g/mol. The van der Waals surface area contributed by atoms with Gasteiger partial charge in [-0.05, 0) is 37.9 Å². The molecule has 0 bridgehead atoms. The molecule has 2 amide bonds. The molecule has 25 heavy (non-hydrogen) atoms. The highest BCUT2D eigenvalue weighted by Gasteiger charge is 2.41. The minimum atomic E-state index is -0.744. The van der Waals surface area contributed by atoms with Crippen molar-refractivity contribution < 1.29 is 18.4 Å². The third-order valence-electron chi connectivity index (χ3n) is 4.91. The van der Waals surface area contributed by atoms with Gasteiger partial charge in [-0.15, -0.1) is 12.4 Å². The van der Waals surface area contributed by atoms with Gasteiger partial charge in [-0.25, -0.2) is 8.78 Å². The molecule has 2 fully saturated rings. The Bertz CT molecular complexity index is 653. The normalized spacial score (nSPS) is 26.1. The summed E-state index contributed by atoms with van der Waals surface area (Å²) in [5, 5.41) is 0. The number of benzene rings is 1. The van der Waals surface area contributed by atoms with Crippen LogP contribution in [-0.2, 0) is 9.59 Å². The van der Waals surface area contributed by atoms with Crippen molar-refractivity contribution in [1.82, 2.24) is 4.90 Å². The van der Waals surface area contributed by atoms with Crippen LogP contribution < -0.4 is 10.6 Å². The van der Waals surface area contributed by atoms with Crippen molar-refractivity contribution in [3.63, 3.8) is 0 Å². The molecule has 0 radical (unpaired) electrons. The molecule has 138 valence electrons. The predicted molar refractivity (Wildman–Crippen MR) is 92.4 cm³/mol. The summed E-state index contributed by atoms with van der Waals surface area (Å²) in [5.41, 5.74) is 5.84. The van der Waals surface area contributed by atoms with Crippen LogP contribution in [0.3, 0.4) is 0 Å². The number of rotatable bonds is 3. The Morgan fingerprint density at radius 3 is 2.44 bits per heavy atom. The van der Waals surface area contributed by atoms with Crippen LogP contribution in [0.2, 0.25) is 0 Å². The van der Waals surface area contributed by atoms with E-state index in [4.69, 9.17) is 5.73 Å². The van der Waals surface area contributed by atoms with E-state index in [1.165, 1.54) is 4.90 Å². The highest BCUT2D eigenvalue weighted by atomic mass is 35.5. The number of likely N-dealkylation sites (tertiary alicyclic amines) is 1. The van der Waals surface area contributed by atoms with Gasteiger partial charge in [0.05, 0.1) is 5.92 Å². The molecule has 1 aromatic rings. The molecule has 3 atom stereocenters. The smallest absolute Gasteiger partial charge is 0.228 e.